The van der Waals surface area contributed by atoms with Gasteiger partial charge in [-0.25, -0.2) is 0 Å². The second-order valence-electron chi connectivity index (χ2n) is 4.19. The van der Waals surface area contributed by atoms with Crippen LogP contribution in [0.15, 0.2) is 11.4 Å². The Kier molecular flexibility index (Phi) is 2.80. The number of rotatable bonds is 3. The molecule has 1 aliphatic rings. The number of thiophene rings is 1. The van der Waals surface area contributed by atoms with E-state index in [9.17, 15) is 9.90 Å². The van der Waals surface area contributed by atoms with Crippen molar-refractivity contribution in [2.45, 2.75) is 31.8 Å². The Morgan fingerprint density at radius 1 is 1.67 bits per heavy atom. The van der Waals surface area contributed by atoms with E-state index in [0.29, 0.717) is 6.54 Å². The first-order valence-electron chi connectivity index (χ1n) is 5.15. The Labute approximate surface area is 93.1 Å². The minimum Gasteiger partial charge on any atom is -0.388 e. The Morgan fingerprint density at radius 2 is 2.40 bits per heavy atom. The molecular formula is C11H15NO2S. The van der Waals surface area contributed by atoms with Gasteiger partial charge in [0.15, 0.2) is 0 Å². The van der Waals surface area contributed by atoms with Crippen LogP contribution in [-0.2, 0) is 0 Å². The molecule has 1 aromatic rings. The first-order valence-corrected chi connectivity index (χ1v) is 6.03. The van der Waals surface area contributed by atoms with Crippen LogP contribution in [0.2, 0.25) is 0 Å². The lowest BCUT2D eigenvalue weighted by Crippen LogP contribution is -2.47. The molecule has 15 heavy (non-hydrogen) atoms. The Bertz CT molecular complexity index is 368. The number of aryl methyl sites for hydroxylation is 1. The number of aliphatic hydroxyl groups is 1. The van der Waals surface area contributed by atoms with Crippen LogP contribution < -0.4 is 5.32 Å². The molecule has 0 radical (unpaired) electrons. The molecule has 2 rings (SSSR count). The average Bonchev–Trinajstić information content (AvgIpc) is 2.58. The van der Waals surface area contributed by atoms with Crippen molar-refractivity contribution in [3.05, 3.63) is 21.9 Å². The zero-order valence-corrected chi connectivity index (χ0v) is 9.56. The van der Waals surface area contributed by atoms with Crippen LogP contribution in [0.5, 0.6) is 0 Å². The molecule has 1 amide bonds. The van der Waals surface area contributed by atoms with E-state index in [4.69, 9.17) is 0 Å². The van der Waals surface area contributed by atoms with E-state index in [1.807, 2.05) is 18.4 Å². The molecule has 1 aliphatic carbocycles. The maximum Gasteiger partial charge on any atom is 0.261 e. The molecule has 4 heteroatoms. The van der Waals surface area contributed by atoms with Gasteiger partial charge in [-0.05, 0) is 43.2 Å². The van der Waals surface area contributed by atoms with Crippen molar-refractivity contribution in [1.82, 2.24) is 5.32 Å². The van der Waals surface area contributed by atoms with Crippen LogP contribution in [0.4, 0.5) is 0 Å². The number of hydrogen-bond donors (Lipinski definition) is 2. The van der Waals surface area contributed by atoms with Crippen molar-refractivity contribution in [3.8, 4) is 0 Å². The van der Waals surface area contributed by atoms with Crippen LogP contribution in [0, 0.1) is 6.92 Å². The standard InChI is InChI=1S/C11H15NO2S/c1-8-3-6-15-9(8)10(13)12-7-11(14)4-2-5-11/h3,6,14H,2,4-5,7H2,1H3,(H,12,13). The zero-order chi connectivity index (χ0) is 10.9. The molecule has 2 N–H and O–H groups in total. The lowest BCUT2D eigenvalue weighted by atomic mass is 9.80. The summed E-state index contributed by atoms with van der Waals surface area (Å²) in [5.41, 5.74) is 0.360. The predicted octanol–water partition coefficient (Wildman–Crippen LogP) is 1.70. The normalized spacial score (nSPS) is 18.3. The molecule has 1 heterocycles. The molecule has 0 bridgehead atoms. The van der Waals surface area contributed by atoms with E-state index in [2.05, 4.69) is 5.32 Å². The Hall–Kier alpha value is -0.870. The number of carbonyl (C=O) groups excluding carboxylic acids is 1. The fourth-order valence-corrected chi connectivity index (χ4v) is 2.53. The fourth-order valence-electron chi connectivity index (χ4n) is 1.69. The van der Waals surface area contributed by atoms with Crippen molar-refractivity contribution >= 4 is 17.2 Å². The molecular weight excluding hydrogens is 210 g/mol. The van der Waals surface area contributed by atoms with Gasteiger partial charge in [-0.15, -0.1) is 11.3 Å². The van der Waals surface area contributed by atoms with Crippen LogP contribution >= 0.6 is 11.3 Å². The van der Waals surface area contributed by atoms with Crippen LogP contribution in [-0.4, -0.2) is 23.2 Å². The second kappa shape index (κ2) is 3.94. The molecule has 0 unspecified atom stereocenters. The Morgan fingerprint density at radius 3 is 2.87 bits per heavy atom. The maximum atomic E-state index is 11.7. The summed E-state index contributed by atoms with van der Waals surface area (Å²) in [4.78, 5) is 12.4. The summed E-state index contributed by atoms with van der Waals surface area (Å²) in [6, 6.07) is 1.93. The van der Waals surface area contributed by atoms with Gasteiger partial charge >= 0.3 is 0 Å². The van der Waals surface area contributed by atoms with Gasteiger partial charge in [0.05, 0.1) is 10.5 Å². The summed E-state index contributed by atoms with van der Waals surface area (Å²) in [6.45, 7) is 2.30. The average molecular weight is 225 g/mol. The second-order valence-corrected chi connectivity index (χ2v) is 5.11. The van der Waals surface area contributed by atoms with E-state index in [1.54, 1.807) is 0 Å². The summed E-state index contributed by atoms with van der Waals surface area (Å²) in [6.07, 6.45) is 2.66. The minimum absolute atomic E-state index is 0.0668. The first-order chi connectivity index (χ1) is 7.11. The van der Waals surface area contributed by atoms with Crippen molar-refractivity contribution in [1.29, 1.82) is 0 Å². The highest BCUT2D eigenvalue weighted by atomic mass is 32.1. The number of carbonyl (C=O) groups is 1. The monoisotopic (exact) mass is 225 g/mol. The van der Waals surface area contributed by atoms with E-state index in [0.717, 1.165) is 29.7 Å². The smallest absolute Gasteiger partial charge is 0.261 e. The van der Waals surface area contributed by atoms with Gasteiger partial charge < -0.3 is 10.4 Å². The SMILES string of the molecule is Cc1ccsc1C(=O)NCC1(O)CCC1. The highest BCUT2D eigenvalue weighted by molar-refractivity contribution is 7.12. The molecule has 3 nitrogen and oxygen atoms in total. The summed E-state index contributed by atoms with van der Waals surface area (Å²) in [5.74, 6) is -0.0668. The minimum atomic E-state index is -0.638. The van der Waals surface area contributed by atoms with Gasteiger partial charge in [0.2, 0.25) is 0 Å². The van der Waals surface area contributed by atoms with Crippen LogP contribution in [0.25, 0.3) is 0 Å². The van der Waals surface area contributed by atoms with Crippen molar-refractivity contribution in [2.75, 3.05) is 6.54 Å². The summed E-state index contributed by atoms with van der Waals surface area (Å²) < 4.78 is 0. The third-order valence-corrected chi connectivity index (χ3v) is 3.95. The van der Waals surface area contributed by atoms with Crippen molar-refractivity contribution in [3.63, 3.8) is 0 Å². The largest absolute Gasteiger partial charge is 0.388 e. The molecule has 0 atom stereocenters. The molecule has 1 aromatic heterocycles. The van der Waals surface area contributed by atoms with Gasteiger partial charge in [-0.1, -0.05) is 0 Å². The van der Waals surface area contributed by atoms with Crippen LogP contribution in [0.1, 0.15) is 34.5 Å². The predicted molar refractivity (Wildman–Crippen MR) is 60.2 cm³/mol. The fraction of sp³-hybridized carbons (Fsp3) is 0.545. The summed E-state index contributed by atoms with van der Waals surface area (Å²) >= 11 is 1.44. The number of amides is 1. The Balaban J connectivity index is 1.90. The lowest BCUT2D eigenvalue weighted by molar-refractivity contribution is -0.0300. The summed E-state index contributed by atoms with van der Waals surface area (Å²) in [7, 11) is 0. The lowest BCUT2D eigenvalue weighted by Gasteiger charge is -2.36. The molecule has 1 saturated carbocycles. The van der Waals surface area contributed by atoms with Crippen LogP contribution in [0.3, 0.4) is 0 Å². The third kappa shape index (κ3) is 2.21. The highest BCUT2D eigenvalue weighted by Crippen LogP contribution is 2.30. The van der Waals surface area contributed by atoms with Crippen molar-refractivity contribution in [2.24, 2.45) is 0 Å². The quantitative estimate of drug-likeness (QED) is 0.822. The van der Waals surface area contributed by atoms with E-state index in [-0.39, 0.29) is 5.91 Å². The van der Waals surface area contributed by atoms with E-state index < -0.39 is 5.60 Å². The van der Waals surface area contributed by atoms with Gasteiger partial charge in [0, 0.05) is 6.54 Å². The van der Waals surface area contributed by atoms with E-state index in [1.165, 1.54) is 11.3 Å². The maximum absolute atomic E-state index is 11.7. The summed E-state index contributed by atoms with van der Waals surface area (Å²) in [5, 5.41) is 14.5. The van der Waals surface area contributed by atoms with Gasteiger partial charge in [-0.3, -0.25) is 4.79 Å². The molecule has 1 fully saturated rings. The van der Waals surface area contributed by atoms with E-state index >= 15 is 0 Å². The van der Waals surface area contributed by atoms with Gasteiger partial charge in [0.1, 0.15) is 0 Å². The van der Waals surface area contributed by atoms with Gasteiger partial charge in [-0.2, -0.15) is 0 Å². The molecule has 0 saturated heterocycles. The zero-order valence-electron chi connectivity index (χ0n) is 8.75. The number of hydrogen-bond acceptors (Lipinski definition) is 3. The number of nitrogens with one attached hydrogen (secondary N) is 1. The highest BCUT2D eigenvalue weighted by Gasteiger charge is 2.34. The van der Waals surface area contributed by atoms with Crippen molar-refractivity contribution < 1.29 is 9.90 Å². The molecule has 82 valence electrons. The molecule has 0 aliphatic heterocycles. The van der Waals surface area contributed by atoms with Gasteiger partial charge in [0.25, 0.3) is 5.91 Å². The molecule has 0 aromatic carbocycles. The topological polar surface area (TPSA) is 49.3 Å². The third-order valence-electron chi connectivity index (χ3n) is 2.93. The molecule has 0 spiro atoms. The first kappa shape index (κ1) is 10.6.